The molecule has 2 fully saturated rings. The molecule has 1 saturated carbocycles. The van der Waals surface area contributed by atoms with Gasteiger partial charge in [0.05, 0.1) is 25.0 Å². The Labute approximate surface area is 248 Å². The third-order valence-corrected chi connectivity index (χ3v) is 7.17. The summed E-state index contributed by atoms with van der Waals surface area (Å²) >= 11 is 0. The van der Waals surface area contributed by atoms with Crippen molar-refractivity contribution in [2.45, 2.75) is 69.9 Å². The van der Waals surface area contributed by atoms with Crippen LogP contribution in [0.25, 0.3) is 11.2 Å². The predicted molar refractivity (Wildman–Crippen MR) is 148 cm³/mol. The number of amides is 3. The first kappa shape index (κ1) is 30.7. The summed E-state index contributed by atoms with van der Waals surface area (Å²) in [7, 11) is 0. The number of anilines is 2. The number of benzene rings is 1. The molecule has 2 aromatic heterocycles. The Kier molecular flexibility index (Phi) is 7.75. The summed E-state index contributed by atoms with van der Waals surface area (Å²) < 4.78 is 64.6. The van der Waals surface area contributed by atoms with Crippen LogP contribution in [0.4, 0.5) is 38.7 Å². The van der Waals surface area contributed by atoms with E-state index in [1.165, 1.54) is 15.5 Å². The quantitative estimate of drug-likeness (QED) is 0.287. The van der Waals surface area contributed by atoms with Crippen LogP contribution < -0.4 is 20.9 Å². The summed E-state index contributed by atoms with van der Waals surface area (Å²) in [4.78, 5) is 50.8. The van der Waals surface area contributed by atoms with Gasteiger partial charge in [0.15, 0.2) is 17.0 Å². The van der Waals surface area contributed by atoms with Crippen LogP contribution in [0.15, 0.2) is 24.8 Å². The molecule has 1 aliphatic carbocycles. The van der Waals surface area contributed by atoms with E-state index in [4.69, 9.17) is 9.84 Å². The van der Waals surface area contributed by atoms with E-state index < -0.39 is 58.9 Å². The molecule has 3 heterocycles. The SMILES string of the molecule is CC(C)(C)OC(=O)NC1(C(=O)NC2CC2)CCN(c2ccc(F)c(C(F)(F)F)c2Cn2cnc3c(NC(=O)O)ncnc32)C1. The average Bonchev–Trinajstić information content (AvgIpc) is 3.45. The van der Waals surface area contributed by atoms with Gasteiger partial charge in [-0.15, -0.1) is 0 Å². The summed E-state index contributed by atoms with van der Waals surface area (Å²) in [5, 5.41) is 16.6. The summed E-state index contributed by atoms with van der Waals surface area (Å²) in [5.74, 6) is -2.19. The molecule has 2 aliphatic rings. The number of carbonyl (C=O) groups is 3. The van der Waals surface area contributed by atoms with E-state index in [-0.39, 0.29) is 48.2 Å². The fraction of sp³-hybridized carbons (Fsp3) is 0.481. The van der Waals surface area contributed by atoms with Gasteiger partial charge in [0.25, 0.3) is 0 Å². The first-order valence-electron chi connectivity index (χ1n) is 13.7. The standard InChI is InChI=1S/C27H30F4N8O5/c1-25(2,3)44-24(43)37-26(22(40)35-14-4-5-14)8-9-38(11-26)17-7-6-16(28)18(27(29,30)31)15(17)10-39-13-34-19-20(36-23(41)42)32-12-33-21(19)39/h6-7,12-14H,4-5,8-11H2,1-3H3,(H,35,40)(H,37,43)(H,41,42)(H,32,33,36). The van der Waals surface area contributed by atoms with E-state index in [0.717, 1.165) is 25.5 Å². The van der Waals surface area contributed by atoms with Crippen LogP contribution in [0.1, 0.15) is 51.2 Å². The lowest BCUT2D eigenvalue weighted by atomic mass is 9.97. The zero-order valence-electron chi connectivity index (χ0n) is 24.0. The topological polar surface area (TPSA) is 164 Å². The number of imidazole rings is 1. The van der Waals surface area contributed by atoms with Crippen molar-refractivity contribution in [1.29, 1.82) is 0 Å². The molecular weight excluding hydrogens is 592 g/mol. The van der Waals surface area contributed by atoms with Crippen molar-refractivity contribution in [3.63, 3.8) is 0 Å². The molecule has 1 atom stereocenters. The number of nitrogens with zero attached hydrogens (tertiary/aromatic N) is 5. The maximum Gasteiger partial charge on any atom is 0.419 e. The van der Waals surface area contributed by atoms with Crippen molar-refractivity contribution < 1.29 is 41.8 Å². The molecule has 1 unspecified atom stereocenters. The van der Waals surface area contributed by atoms with Crippen molar-refractivity contribution in [2.75, 3.05) is 23.3 Å². The van der Waals surface area contributed by atoms with Crippen molar-refractivity contribution in [3.05, 3.63) is 41.7 Å². The molecule has 236 valence electrons. The molecule has 1 aliphatic heterocycles. The molecule has 13 nitrogen and oxygen atoms in total. The molecule has 3 aromatic rings. The van der Waals surface area contributed by atoms with E-state index in [0.29, 0.717) is 6.07 Å². The van der Waals surface area contributed by atoms with Crippen molar-refractivity contribution >= 4 is 40.8 Å². The fourth-order valence-electron chi connectivity index (χ4n) is 5.14. The number of rotatable bonds is 7. The van der Waals surface area contributed by atoms with Gasteiger partial charge in [-0.05, 0) is 52.2 Å². The lowest BCUT2D eigenvalue weighted by molar-refractivity contribution is -0.140. The van der Waals surface area contributed by atoms with Gasteiger partial charge in [-0.3, -0.25) is 10.1 Å². The normalized spacial score (nSPS) is 18.8. The molecule has 3 amide bonds. The van der Waals surface area contributed by atoms with Gasteiger partial charge in [0, 0.05) is 23.8 Å². The van der Waals surface area contributed by atoms with Crippen molar-refractivity contribution in [2.24, 2.45) is 0 Å². The highest BCUT2D eigenvalue weighted by molar-refractivity contribution is 5.93. The predicted octanol–water partition coefficient (Wildman–Crippen LogP) is 3.87. The van der Waals surface area contributed by atoms with E-state index in [1.54, 1.807) is 20.8 Å². The minimum Gasteiger partial charge on any atom is -0.465 e. The summed E-state index contributed by atoms with van der Waals surface area (Å²) in [6.45, 7) is 4.21. The third-order valence-electron chi connectivity index (χ3n) is 7.17. The smallest absolute Gasteiger partial charge is 0.419 e. The summed E-state index contributed by atoms with van der Waals surface area (Å²) in [6.07, 6.45) is -3.69. The Balaban J connectivity index is 1.54. The number of fused-ring (bicyclic) bond motifs is 1. The Hall–Kier alpha value is -4.70. The van der Waals surface area contributed by atoms with E-state index in [2.05, 4.69) is 30.9 Å². The highest BCUT2D eigenvalue weighted by Gasteiger charge is 2.49. The number of nitrogens with one attached hydrogen (secondary N) is 3. The minimum atomic E-state index is -5.11. The van der Waals surface area contributed by atoms with Gasteiger partial charge in [0.1, 0.15) is 23.3 Å². The molecule has 1 saturated heterocycles. The van der Waals surface area contributed by atoms with Gasteiger partial charge in [-0.25, -0.2) is 28.9 Å². The van der Waals surface area contributed by atoms with Gasteiger partial charge >= 0.3 is 18.4 Å². The monoisotopic (exact) mass is 622 g/mol. The van der Waals surface area contributed by atoms with Crippen LogP contribution in [-0.4, -0.2) is 73.0 Å². The number of carbonyl (C=O) groups excluding carboxylic acids is 2. The number of alkyl halides is 3. The number of ether oxygens (including phenoxy) is 1. The minimum absolute atomic E-state index is 0.00161. The van der Waals surface area contributed by atoms with E-state index in [9.17, 15) is 31.9 Å². The second-order valence-electron chi connectivity index (χ2n) is 11.7. The summed E-state index contributed by atoms with van der Waals surface area (Å²) in [5.41, 5.74) is -4.46. The molecule has 44 heavy (non-hydrogen) atoms. The molecule has 1 aromatic carbocycles. The zero-order chi connectivity index (χ0) is 32.0. The lowest BCUT2D eigenvalue weighted by Gasteiger charge is -2.32. The number of aromatic nitrogens is 4. The molecular formula is C27H30F4N8O5. The Morgan fingerprint density at radius 3 is 2.50 bits per heavy atom. The van der Waals surface area contributed by atoms with Gasteiger partial charge in [-0.2, -0.15) is 13.2 Å². The van der Waals surface area contributed by atoms with Crippen LogP contribution in [0.3, 0.4) is 0 Å². The first-order valence-corrected chi connectivity index (χ1v) is 13.7. The number of carboxylic acid groups (broad SMARTS) is 1. The lowest BCUT2D eigenvalue weighted by Crippen LogP contribution is -2.61. The molecule has 5 rings (SSSR count). The van der Waals surface area contributed by atoms with Crippen LogP contribution in [0, 0.1) is 5.82 Å². The van der Waals surface area contributed by atoms with Gasteiger partial charge in [-0.1, -0.05) is 0 Å². The van der Waals surface area contributed by atoms with Gasteiger partial charge < -0.3 is 29.9 Å². The van der Waals surface area contributed by atoms with Crippen LogP contribution in [-0.2, 0) is 22.3 Å². The first-order chi connectivity index (χ1) is 20.6. The van der Waals surface area contributed by atoms with Crippen molar-refractivity contribution in [3.8, 4) is 0 Å². The zero-order valence-corrected chi connectivity index (χ0v) is 24.0. The number of halogens is 4. The number of alkyl carbamates (subject to hydrolysis) is 1. The van der Waals surface area contributed by atoms with Crippen LogP contribution in [0.5, 0.6) is 0 Å². The van der Waals surface area contributed by atoms with Crippen LogP contribution >= 0.6 is 0 Å². The highest BCUT2D eigenvalue weighted by Crippen LogP contribution is 2.41. The molecule has 0 spiro atoms. The number of hydrogen-bond donors (Lipinski definition) is 4. The Morgan fingerprint density at radius 2 is 1.86 bits per heavy atom. The Morgan fingerprint density at radius 1 is 1.14 bits per heavy atom. The molecule has 4 N–H and O–H groups in total. The molecule has 0 bridgehead atoms. The Bertz CT molecular complexity index is 1620. The largest absolute Gasteiger partial charge is 0.465 e. The second-order valence-corrected chi connectivity index (χ2v) is 11.7. The van der Waals surface area contributed by atoms with Gasteiger partial charge in [0.2, 0.25) is 5.91 Å². The summed E-state index contributed by atoms with van der Waals surface area (Å²) in [6, 6.07) is 1.83. The highest BCUT2D eigenvalue weighted by atomic mass is 19.4. The second kappa shape index (κ2) is 11.1. The third kappa shape index (κ3) is 6.45. The molecule has 0 radical (unpaired) electrons. The fourth-order valence-corrected chi connectivity index (χ4v) is 5.14. The molecule has 17 heteroatoms. The average molecular weight is 623 g/mol. The van der Waals surface area contributed by atoms with Crippen molar-refractivity contribution in [1.82, 2.24) is 30.2 Å². The maximum absolute atomic E-state index is 14.9. The number of hydrogen-bond acceptors (Lipinski definition) is 8. The van der Waals surface area contributed by atoms with Crippen LogP contribution in [0.2, 0.25) is 0 Å². The maximum atomic E-state index is 14.9. The van der Waals surface area contributed by atoms with E-state index >= 15 is 0 Å². The van der Waals surface area contributed by atoms with E-state index in [1.807, 2.05) is 0 Å².